The van der Waals surface area contributed by atoms with Crippen LogP contribution in [0.4, 0.5) is 15.8 Å². The summed E-state index contributed by atoms with van der Waals surface area (Å²) < 4.78 is 23.7. The maximum Gasteiger partial charge on any atom is 0.311 e. The van der Waals surface area contributed by atoms with E-state index in [4.69, 9.17) is 9.47 Å². The highest BCUT2D eigenvalue weighted by molar-refractivity contribution is 5.95. The van der Waals surface area contributed by atoms with E-state index in [1.807, 2.05) is 24.3 Å². The lowest BCUT2D eigenvalue weighted by Crippen LogP contribution is -2.36. The highest BCUT2D eigenvalue weighted by Gasteiger charge is 2.18. The molecule has 3 rings (SSSR count). The van der Waals surface area contributed by atoms with Gasteiger partial charge in [0.1, 0.15) is 5.82 Å². The van der Waals surface area contributed by atoms with Crippen LogP contribution in [0.15, 0.2) is 48.5 Å². The van der Waals surface area contributed by atoms with E-state index >= 15 is 0 Å². The fraction of sp³-hybridized carbons (Fsp3) is 0.333. The predicted octanol–water partition coefficient (Wildman–Crippen LogP) is 2.78. The van der Waals surface area contributed by atoms with Gasteiger partial charge in [0.15, 0.2) is 6.10 Å². The van der Waals surface area contributed by atoms with Gasteiger partial charge in [0.25, 0.3) is 5.91 Å². The lowest BCUT2D eigenvalue weighted by molar-refractivity contribution is -0.152. The number of nitrogens with zero attached hydrogens (tertiary/aromatic N) is 1. The van der Waals surface area contributed by atoms with Gasteiger partial charge in [-0.2, -0.15) is 0 Å². The van der Waals surface area contributed by atoms with E-state index in [9.17, 15) is 14.0 Å². The Labute approximate surface area is 163 Å². The maximum atomic E-state index is 13.2. The normalized spacial score (nSPS) is 15.0. The van der Waals surface area contributed by atoms with E-state index in [2.05, 4.69) is 10.2 Å². The van der Waals surface area contributed by atoms with Crippen molar-refractivity contribution in [3.05, 3.63) is 59.9 Å². The van der Waals surface area contributed by atoms with E-state index in [1.54, 1.807) is 6.07 Å². The zero-order chi connectivity index (χ0) is 19.9. The maximum absolute atomic E-state index is 13.2. The van der Waals surface area contributed by atoms with Crippen LogP contribution < -0.4 is 10.2 Å². The zero-order valence-corrected chi connectivity index (χ0v) is 15.7. The van der Waals surface area contributed by atoms with Crippen molar-refractivity contribution in [2.45, 2.75) is 19.4 Å². The summed E-state index contributed by atoms with van der Waals surface area (Å²) >= 11 is 0. The van der Waals surface area contributed by atoms with Crippen molar-refractivity contribution in [3.8, 4) is 0 Å². The third kappa shape index (κ3) is 5.53. The van der Waals surface area contributed by atoms with E-state index in [-0.39, 0.29) is 6.42 Å². The van der Waals surface area contributed by atoms with Gasteiger partial charge in [-0.1, -0.05) is 12.1 Å². The molecule has 1 aliphatic heterocycles. The summed E-state index contributed by atoms with van der Waals surface area (Å²) in [5.41, 5.74) is 2.18. The van der Waals surface area contributed by atoms with E-state index in [1.165, 1.54) is 25.1 Å². The third-order valence-corrected chi connectivity index (χ3v) is 4.43. The van der Waals surface area contributed by atoms with Gasteiger partial charge in [0, 0.05) is 24.5 Å². The third-order valence-electron chi connectivity index (χ3n) is 4.43. The summed E-state index contributed by atoms with van der Waals surface area (Å²) in [4.78, 5) is 26.5. The minimum Gasteiger partial charge on any atom is -0.452 e. The molecule has 1 amide bonds. The molecule has 0 bridgehead atoms. The second-order valence-corrected chi connectivity index (χ2v) is 6.57. The van der Waals surface area contributed by atoms with Gasteiger partial charge in [-0.25, -0.2) is 4.39 Å². The number of hydrogen-bond acceptors (Lipinski definition) is 5. The van der Waals surface area contributed by atoms with Crippen LogP contribution in [0.3, 0.4) is 0 Å². The Balaban J connectivity index is 1.50. The topological polar surface area (TPSA) is 67.9 Å². The number of carbonyl (C=O) groups excluding carboxylic acids is 2. The van der Waals surface area contributed by atoms with Crippen LogP contribution in [0.2, 0.25) is 0 Å². The summed E-state index contributed by atoms with van der Waals surface area (Å²) in [7, 11) is 0. The number of ether oxygens (including phenoxy) is 2. The zero-order valence-electron chi connectivity index (χ0n) is 15.7. The van der Waals surface area contributed by atoms with Crippen molar-refractivity contribution in [2.75, 3.05) is 36.5 Å². The van der Waals surface area contributed by atoms with Gasteiger partial charge in [0.2, 0.25) is 0 Å². The molecule has 1 aliphatic rings. The summed E-state index contributed by atoms with van der Waals surface area (Å²) in [6, 6.07) is 13.2. The molecule has 0 radical (unpaired) electrons. The molecule has 28 heavy (non-hydrogen) atoms. The van der Waals surface area contributed by atoms with Crippen molar-refractivity contribution in [1.82, 2.24) is 0 Å². The van der Waals surface area contributed by atoms with Gasteiger partial charge < -0.3 is 19.7 Å². The lowest BCUT2D eigenvalue weighted by Gasteiger charge is -2.28. The van der Waals surface area contributed by atoms with Gasteiger partial charge in [0.05, 0.1) is 19.6 Å². The molecule has 7 heteroatoms. The number of rotatable bonds is 6. The van der Waals surface area contributed by atoms with Crippen molar-refractivity contribution in [3.63, 3.8) is 0 Å². The van der Waals surface area contributed by atoms with Crippen LogP contribution in [-0.4, -0.2) is 44.3 Å². The highest BCUT2D eigenvalue weighted by atomic mass is 19.1. The molecule has 6 nitrogen and oxygen atoms in total. The molecule has 2 aromatic rings. The predicted molar refractivity (Wildman–Crippen MR) is 104 cm³/mol. The number of carbonyl (C=O) groups is 2. The number of esters is 1. The fourth-order valence-corrected chi connectivity index (χ4v) is 2.93. The molecule has 0 saturated carbocycles. The Morgan fingerprint density at radius 3 is 2.57 bits per heavy atom. The Morgan fingerprint density at radius 1 is 1.18 bits per heavy atom. The molecule has 1 saturated heterocycles. The average Bonchev–Trinajstić information content (AvgIpc) is 2.69. The van der Waals surface area contributed by atoms with Crippen LogP contribution in [0.25, 0.3) is 0 Å². The largest absolute Gasteiger partial charge is 0.452 e. The van der Waals surface area contributed by atoms with Crippen LogP contribution in [0.1, 0.15) is 12.5 Å². The smallest absolute Gasteiger partial charge is 0.311 e. The number of anilines is 2. The summed E-state index contributed by atoms with van der Waals surface area (Å²) in [6.07, 6.45) is -1.05. The quantitative estimate of drug-likeness (QED) is 0.774. The Morgan fingerprint density at radius 2 is 1.89 bits per heavy atom. The standard InChI is InChI=1S/C21H23FN2O4/c1-15(28-20(25)14-16-3-2-4-17(22)13-16)21(26)23-18-5-7-19(8-6-18)24-9-11-27-12-10-24/h2-8,13,15H,9-12,14H2,1H3,(H,23,26)/t15-/m1/s1. The summed E-state index contributed by atoms with van der Waals surface area (Å²) in [6.45, 7) is 4.59. The molecular weight excluding hydrogens is 363 g/mol. The molecule has 0 spiro atoms. The number of amides is 1. The molecule has 0 aromatic heterocycles. The summed E-state index contributed by atoms with van der Waals surface area (Å²) in [5.74, 6) is -1.43. The molecule has 2 aromatic carbocycles. The molecule has 148 valence electrons. The first kappa shape index (κ1) is 19.8. The average molecular weight is 386 g/mol. The van der Waals surface area contributed by atoms with Crippen molar-refractivity contribution >= 4 is 23.3 Å². The minimum absolute atomic E-state index is 0.0936. The van der Waals surface area contributed by atoms with Gasteiger partial charge in [-0.3, -0.25) is 9.59 Å². The van der Waals surface area contributed by atoms with E-state index < -0.39 is 23.8 Å². The Hall–Kier alpha value is -2.93. The summed E-state index contributed by atoms with van der Waals surface area (Å²) in [5, 5.41) is 2.73. The number of morpholine rings is 1. The Bertz CT molecular complexity index is 819. The molecule has 1 fully saturated rings. The second kappa shape index (κ2) is 9.32. The molecule has 0 aliphatic carbocycles. The van der Waals surface area contributed by atoms with Gasteiger partial charge in [-0.05, 0) is 48.9 Å². The van der Waals surface area contributed by atoms with Crippen LogP contribution in [0.5, 0.6) is 0 Å². The number of halogens is 1. The molecule has 1 N–H and O–H groups in total. The first-order chi connectivity index (χ1) is 13.5. The Kier molecular flexibility index (Phi) is 6.60. The molecular formula is C21H23FN2O4. The van der Waals surface area contributed by atoms with E-state index in [0.717, 1.165) is 18.8 Å². The van der Waals surface area contributed by atoms with Crippen molar-refractivity contribution < 1.29 is 23.5 Å². The second-order valence-electron chi connectivity index (χ2n) is 6.57. The van der Waals surface area contributed by atoms with Crippen molar-refractivity contribution in [1.29, 1.82) is 0 Å². The number of hydrogen-bond donors (Lipinski definition) is 1. The van der Waals surface area contributed by atoms with Crippen LogP contribution in [-0.2, 0) is 25.5 Å². The SMILES string of the molecule is C[C@@H](OC(=O)Cc1cccc(F)c1)C(=O)Nc1ccc(N2CCOCC2)cc1. The minimum atomic E-state index is -0.958. The number of benzene rings is 2. The molecule has 0 unspecified atom stereocenters. The fourth-order valence-electron chi connectivity index (χ4n) is 2.93. The monoisotopic (exact) mass is 386 g/mol. The first-order valence-electron chi connectivity index (χ1n) is 9.19. The number of nitrogens with one attached hydrogen (secondary N) is 1. The highest BCUT2D eigenvalue weighted by Crippen LogP contribution is 2.19. The first-order valence-corrected chi connectivity index (χ1v) is 9.19. The lowest BCUT2D eigenvalue weighted by atomic mass is 10.1. The van der Waals surface area contributed by atoms with Crippen molar-refractivity contribution in [2.24, 2.45) is 0 Å². The molecule has 1 atom stereocenters. The van der Waals surface area contributed by atoms with Gasteiger partial charge in [-0.15, -0.1) is 0 Å². The van der Waals surface area contributed by atoms with Crippen LogP contribution in [0, 0.1) is 5.82 Å². The van der Waals surface area contributed by atoms with Crippen LogP contribution >= 0.6 is 0 Å². The molecule has 1 heterocycles. The van der Waals surface area contributed by atoms with E-state index in [0.29, 0.717) is 24.5 Å². The van der Waals surface area contributed by atoms with Gasteiger partial charge >= 0.3 is 5.97 Å².